The fraction of sp³-hybridized carbons (Fsp3) is 0.538. The largest absolute Gasteiger partial charge is 0.504 e. The van der Waals surface area contributed by atoms with Crippen LogP contribution in [-0.2, 0) is 40.5 Å². The van der Waals surface area contributed by atoms with Gasteiger partial charge in [0.15, 0.2) is 23.7 Å². The lowest BCUT2D eigenvalue weighted by Gasteiger charge is -2.61. The fourth-order valence-corrected chi connectivity index (χ4v) is 6.57. The van der Waals surface area contributed by atoms with Crippen LogP contribution < -0.4 is 10.1 Å². The second-order valence-electron chi connectivity index (χ2n) is 10.4. The van der Waals surface area contributed by atoms with Crippen molar-refractivity contribution in [2.75, 3.05) is 13.6 Å². The van der Waals surface area contributed by atoms with Gasteiger partial charge in [0.25, 0.3) is 5.91 Å². The van der Waals surface area contributed by atoms with E-state index in [1.165, 1.54) is 6.92 Å². The van der Waals surface area contributed by atoms with Crippen LogP contribution >= 0.6 is 0 Å². The highest BCUT2D eigenvalue weighted by Crippen LogP contribution is 2.65. The number of aromatic hydroxyl groups is 1. The molecular formula is C26H30N2O10. The monoisotopic (exact) mass is 530 g/mol. The van der Waals surface area contributed by atoms with Crippen LogP contribution in [0.25, 0.3) is 0 Å². The van der Waals surface area contributed by atoms with E-state index in [0.29, 0.717) is 19.4 Å². The maximum Gasteiger partial charge on any atom is 0.326 e. The van der Waals surface area contributed by atoms with Crippen LogP contribution in [0.15, 0.2) is 24.0 Å². The first-order chi connectivity index (χ1) is 17.9. The van der Waals surface area contributed by atoms with E-state index >= 15 is 0 Å². The van der Waals surface area contributed by atoms with Gasteiger partial charge in [-0.1, -0.05) is 6.07 Å². The van der Waals surface area contributed by atoms with Crippen LogP contribution in [0, 0.1) is 0 Å². The topological polar surface area (TPSA) is 172 Å². The van der Waals surface area contributed by atoms with Crippen LogP contribution in [0.4, 0.5) is 0 Å². The molecular weight excluding hydrogens is 500 g/mol. The predicted molar refractivity (Wildman–Crippen MR) is 128 cm³/mol. The summed E-state index contributed by atoms with van der Waals surface area (Å²) >= 11 is 0. The number of carbonyl (C=O) groups is 4. The number of carboxylic acid groups (broad SMARTS) is 1. The molecule has 2 aliphatic heterocycles. The zero-order chi connectivity index (χ0) is 27.6. The summed E-state index contributed by atoms with van der Waals surface area (Å²) in [6.07, 6.45) is -0.0615. The zero-order valence-corrected chi connectivity index (χ0v) is 21.2. The molecule has 2 aliphatic carbocycles. The number of hydrogen-bond donors (Lipinski definition) is 4. The summed E-state index contributed by atoms with van der Waals surface area (Å²) in [5.41, 5.74) is -0.525. The molecule has 6 atom stereocenters. The molecule has 38 heavy (non-hydrogen) atoms. The molecule has 1 spiro atoms. The number of nitrogens with one attached hydrogen (secondary N) is 1. The Morgan fingerprint density at radius 2 is 2.03 bits per heavy atom. The summed E-state index contributed by atoms with van der Waals surface area (Å²) in [6.45, 7) is 3.04. The van der Waals surface area contributed by atoms with Gasteiger partial charge < -0.3 is 39.7 Å². The summed E-state index contributed by atoms with van der Waals surface area (Å²) < 4.78 is 16.6. The molecule has 0 saturated carbocycles. The van der Waals surface area contributed by atoms with Crippen molar-refractivity contribution >= 4 is 23.8 Å². The average molecular weight is 531 g/mol. The molecule has 4 aliphatic rings. The van der Waals surface area contributed by atoms with Crippen LogP contribution in [0.3, 0.4) is 0 Å². The smallest absolute Gasteiger partial charge is 0.326 e. The van der Waals surface area contributed by atoms with E-state index in [1.54, 1.807) is 12.1 Å². The van der Waals surface area contributed by atoms with Crippen molar-refractivity contribution in [2.24, 2.45) is 0 Å². The molecule has 12 nitrogen and oxygen atoms in total. The van der Waals surface area contributed by atoms with Crippen molar-refractivity contribution in [1.82, 2.24) is 10.2 Å². The highest BCUT2D eigenvalue weighted by atomic mass is 16.6. The van der Waals surface area contributed by atoms with Crippen molar-refractivity contribution in [2.45, 2.75) is 74.8 Å². The summed E-state index contributed by atoms with van der Waals surface area (Å²) in [6, 6.07) is 1.53. The Balaban J connectivity index is 1.40. The first-order valence-corrected chi connectivity index (χ1v) is 12.4. The van der Waals surface area contributed by atoms with Crippen LogP contribution in [0.5, 0.6) is 11.5 Å². The number of phenolic OH excluding ortho intramolecular Hbond substituents is 1. The second kappa shape index (κ2) is 8.98. The molecule has 1 fully saturated rings. The molecule has 2 heterocycles. The quantitative estimate of drug-likeness (QED) is 0.353. The van der Waals surface area contributed by atoms with Crippen molar-refractivity contribution in [3.05, 3.63) is 35.1 Å². The van der Waals surface area contributed by atoms with Gasteiger partial charge in [0, 0.05) is 24.9 Å². The number of likely N-dealkylation sites (tertiary alicyclic amines) is 1. The highest BCUT2D eigenvalue weighted by Gasteiger charge is 2.72. The molecule has 1 aromatic carbocycles. The molecule has 1 saturated heterocycles. The Morgan fingerprint density at radius 3 is 2.71 bits per heavy atom. The average Bonchev–Trinajstić information content (AvgIpc) is 3.20. The van der Waals surface area contributed by atoms with E-state index < -0.39 is 59.5 Å². The lowest BCUT2D eigenvalue weighted by Crippen LogP contribution is -2.74. The first kappa shape index (κ1) is 26.0. The fourth-order valence-electron chi connectivity index (χ4n) is 6.57. The number of esters is 2. The van der Waals surface area contributed by atoms with Gasteiger partial charge in [0.1, 0.15) is 11.8 Å². The van der Waals surface area contributed by atoms with Gasteiger partial charge in [0.2, 0.25) is 0 Å². The van der Waals surface area contributed by atoms with Gasteiger partial charge in [0.05, 0.1) is 17.4 Å². The number of aliphatic carboxylic acids is 1. The minimum atomic E-state index is -1.63. The molecule has 0 unspecified atom stereocenters. The number of rotatable bonds is 7. The highest BCUT2D eigenvalue weighted by molar-refractivity contribution is 5.89. The van der Waals surface area contributed by atoms with Gasteiger partial charge >= 0.3 is 17.9 Å². The summed E-state index contributed by atoms with van der Waals surface area (Å²) in [7, 11) is 1.95. The number of ether oxygens (including phenoxy) is 3. The van der Waals surface area contributed by atoms with Crippen LogP contribution in [0.2, 0.25) is 0 Å². The molecule has 1 aromatic rings. The minimum absolute atomic E-state index is 0.0755. The van der Waals surface area contributed by atoms with Gasteiger partial charge in [-0.2, -0.15) is 0 Å². The Bertz CT molecular complexity index is 1260. The van der Waals surface area contributed by atoms with Crippen LogP contribution in [0.1, 0.15) is 44.2 Å². The molecule has 12 heteroatoms. The molecule has 5 rings (SSSR count). The maximum atomic E-state index is 12.9. The van der Waals surface area contributed by atoms with Crippen molar-refractivity contribution < 1.29 is 48.7 Å². The lowest BCUT2D eigenvalue weighted by molar-refractivity contribution is -0.170. The molecule has 0 radical (unpaired) electrons. The predicted octanol–water partition coefficient (Wildman–Crippen LogP) is 0.124. The minimum Gasteiger partial charge on any atom is -0.504 e. The molecule has 0 aromatic heterocycles. The normalized spacial score (nSPS) is 30.2. The molecule has 4 N–H and O–H groups in total. The Morgan fingerprint density at radius 1 is 1.29 bits per heavy atom. The number of aliphatic hydroxyl groups is 1. The number of carbonyl (C=O) groups excluding carboxylic acids is 3. The van der Waals surface area contributed by atoms with E-state index in [1.807, 2.05) is 13.1 Å². The van der Waals surface area contributed by atoms with E-state index in [2.05, 4.69) is 10.2 Å². The Hall–Kier alpha value is -3.64. The molecule has 2 bridgehead atoms. The number of phenols is 1. The number of carboxylic acids is 1. The van der Waals surface area contributed by atoms with Gasteiger partial charge in [-0.25, -0.2) is 4.79 Å². The number of amides is 1. The van der Waals surface area contributed by atoms with Crippen LogP contribution in [-0.4, -0.2) is 87.5 Å². The van der Waals surface area contributed by atoms with Gasteiger partial charge in [-0.05, 0) is 51.1 Å². The van der Waals surface area contributed by atoms with E-state index in [4.69, 9.17) is 14.2 Å². The number of piperidine rings is 1. The van der Waals surface area contributed by atoms with Crippen molar-refractivity contribution in [1.29, 1.82) is 0 Å². The third-order valence-electron chi connectivity index (χ3n) is 8.28. The third kappa shape index (κ3) is 3.73. The lowest BCUT2D eigenvalue weighted by atomic mass is 9.50. The van der Waals surface area contributed by atoms with Crippen molar-refractivity contribution in [3.63, 3.8) is 0 Å². The SMILES string of the molecule is CC(=O)O[C@@H](C)C(=O)N[C@@H](CC(=O)OC1=CC[C@@]2(O)[C@@H]3Cc4ccc(O)c5c4[C@@]2(CCN3C)[C@H]1O5)C(=O)O. The van der Waals surface area contributed by atoms with E-state index in [-0.39, 0.29) is 29.7 Å². The summed E-state index contributed by atoms with van der Waals surface area (Å²) in [5, 5.41) is 34.4. The zero-order valence-electron chi connectivity index (χ0n) is 21.2. The Kier molecular flexibility index (Phi) is 6.14. The molecule has 1 amide bonds. The van der Waals surface area contributed by atoms with Gasteiger partial charge in [-0.3, -0.25) is 14.4 Å². The summed E-state index contributed by atoms with van der Waals surface area (Å²) in [4.78, 5) is 50.1. The number of likely N-dealkylation sites (N-methyl/N-ethyl adjacent to an activating group) is 1. The third-order valence-corrected chi connectivity index (χ3v) is 8.28. The second-order valence-corrected chi connectivity index (χ2v) is 10.4. The molecule has 204 valence electrons. The number of benzene rings is 1. The van der Waals surface area contributed by atoms with Crippen molar-refractivity contribution in [3.8, 4) is 11.5 Å². The Labute approximate surface area is 218 Å². The van der Waals surface area contributed by atoms with E-state index in [0.717, 1.165) is 18.1 Å². The maximum absolute atomic E-state index is 12.9. The summed E-state index contributed by atoms with van der Waals surface area (Å²) in [5.74, 6) is -3.70. The van der Waals surface area contributed by atoms with E-state index in [9.17, 15) is 34.5 Å². The first-order valence-electron chi connectivity index (χ1n) is 12.4. The van der Waals surface area contributed by atoms with Gasteiger partial charge in [-0.15, -0.1) is 0 Å². The standard InChI is InChI=1S/C26H30N2O10/c1-12(36-13(2)29)23(32)27-15(24(33)34)11-19(31)37-17-6-7-26(35)18-10-14-4-5-16(30)21-20(14)25(26,22(17)38-21)8-9-28(18)3/h4-6,12,15,18,22,30,35H,7-11H2,1-3H3,(H,27,32)(H,33,34)/t12-,15-,18-,22-,25-,26+/m0/s1. The number of nitrogens with zero attached hydrogens (tertiary/aromatic N) is 1. The number of hydrogen-bond acceptors (Lipinski definition) is 10.